The molecule has 2 rings (SSSR count). The van der Waals surface area contributed by atoms with E-state index < -0.39 is 10.0 Å². The van der Waals surface area contributed by atoms with Gasteiger partial charge in [-0.1, -0.05) is 0 Å². The van der Waals surface area contributed by atoms with Crippen LogP contribution in [0.5, 0.6) is 5.75 Å². The summed E-state index contributed by atoms with van der Waals surface area (Å²) >= 11 is 0. The maximum atomic E-state index is 12.4. The standard InChI is InChI=1S/C15H22N2O5S/c1-3-21-15-7-6-13(9-14(15)17-11(2)18)23(19,20)16-10-12-5-4-8-22-12/h6-7,9,12,16H,3-5,8,10H2,1-2H3,(H,17,18)/t12-/m0/s1. The van der Waals surface area contributed by atoms with Gasteiger partial charge in [0.1, 0.15) is 5.75 Å². The zero-order chi connectivity index (χ0) is 16.9. The predicted molar refractivity (Wildman–Crippen MR) is 86.1 cm³/mol. The lowest BCUT2D eigenvalue weighted by atomic mass is 10.2. The summed E-state index contributed by atoms with van der Waals surface area (Å²) in [6.45, 7) is 4.49. The summed E-state index contributed by atoms with van der Waals surface area (Å²) in [6, 6.07) is 4.38. The fraction of sp³-hybridized carbons (Fsp3) is 0.533. The maximum absolute atomic E-state index is 12.4. The van der Waals surface area contributed by atoms with Crippen molar-refractivity contribution in [1.82, 2.24) is 4.72 Å². The monoisotopic (exact) mass is 342 g/mol. The first-order chi connectivity index (χ1) is 10.9. The second-order valence-corrected chi connectivity index (χ2v) is 7.03. The van der Waals surface area contributed by atoms with Crippen LogP contribution in [0.2, 0.25) is 0 Å². The third-order valence-corrected chi connectivity index (χ3v) is 4.82. The highest BCUT2D eigenvalue weighted by molar-refractivity contribution is 7.89. The molecule has 2 N–H and O–H groups in total. The fourth-order valence-electron chi connectivity index (χ4n) is 2.34. The van der Waals surface area contributed by atoms with E-state index in [1.165, 1.54) is 25.1 Å². The van der Waals surface area contributed by atoms with Gasteiger partial charge in [0.15, 0.2) is 0 Å². The van der Waals surface area contributed by atoms with Gasteiger partial charge in [-0.25, -0.2) is 13.1 Å². The lowest BCUT2D eigenvalue weighted by molar-refractivity contribution is -0.114. The Morgan fingerprint density at radius 2 is 2.22 bits per heavy atom. The molecule has 1 aromatic carbocycles. The summed E-state index contributed by atoms with van der Waals surface area (Å²) in [4.78, 5) is 11.4. The number of sulfonamides is 1. The van der Waals surface area contributed by atoms with Crippen molar-refractivity contribution in [2.75, 3.05) is 25.1 Å². The van der Waals surface area contributed by atoms with Gasteiger partial charge in [0, 0.05) is 20.1 Å². The summed E-state index contributed by atoms with van der Waals surface area (Å²) in [7, 11) is -3.67. The molecule has 0 aliphatic carbocycles. The zero-order valence-corrected chi connectivity index (χ0v) is 14.1. The molecule has 1 heterocycles. The molecule has 128 valence electrons. The molecule has 0 aromatic heterocycles. The highest BCUT2D eigenvalue weighted by Crippen LogP contribution is 2.28. The Balaban J connectivity index is 2.17. The molecule has 0 radical (unpaired) electrons. The van der Waals surface area contributed by atoms with Crippen LogP contribution in [0, 0.1) is 0 Å². The molecule has 1 fully saturated rings. The molecular weight excluding hydrogens is 320 g/mol. The van der Waals surface area contributed by atoms with E-state index in [2.05, 4.69) is 10.0 Å². The summed E-state index contributed by atoms with van der Waals surface area (Å²) in [6.07, 6.45) is 1.72. The Morgan fingerprint density at radius 1 is 1.43 bits per heavy atom. The molecule has 1 aliphatic heterocycles. The smallest absolute Gasteiger partial charge is 0.240 e. The zero-order valence-electron chi connectivity index (χ0n) is 13.3. The molecular formula is C15H22N2O5S. The van der Waals surface area contributed by atoms with E-state index in [0.29, 0.717) is 24.7 Å². The van der Waals surface area contributed by atoms with Crippen LogP contribution < -0.4 is 14.8 Å². The van der Waals surface area contributed by atoms with Gasteiger partial charge in [0.2, 0.25) is 15.9 Å². The second-order valence-electron chi connectivity index (χ2n) is 5.26. The number of hydrogen-bond acceptors (Lipinski definition) is 5. The van der Waals surface area contributed by atoms with E-state index in [9.17, 15) is 13.2 Å². The topological polar surface area (TPSA) is 93.7 Å². The first-order valence-corrected chi connectivity index (χ1v) is 9.06. The summed E-state index contributed by atoms with van der Waals surface area (Å²) < 4.78 is 38.1. The van der Waals surface area contributed by atoms with Crippen molar-refractivity contribution in [1.29, 1.82) is 0 Å². The highest BCUT2D eigenvalue weighted by atomic mass is 32.2. The number of ether oxygens (including phenoxy) is 2. The molecule has 7 nitrogen and oxygen atoms in total. The summed E-state index contributed by atoms with van der Waals surface area (Å²) in [5, 5.41) is 2.59. The molecule has 0 bridgehead atoms. The molecule has 1 aliphatic rings. The first-order valence-electron chi connectivity index (χ1n) is 7.58. The number of amides is 1. The molecule has 8 heteroatoms. The SMILES string of the molecule is CCOc1ccc(S(=O)(=O)NC[C@@H]2CCCO2)cc1NC(C)=O. The number of anilines is 1. The second kappa shape index (κ2) is 7.76. The average Bonchev–Trinajstić information content (AvgIpc) is 3.00. The Morgan fingerprint density at radius 3 is 2.83 bits per heavy atom. The Labute approximate surface area is 136 Å². The first kappa shape index (κ1) is 17.7. The molecule has 0 spiro atoms. The minimum Gasteiger partial charge on any atom is -0.492 e. The third-order valence-electron chi connectivity index (χ3n) is 3.40. The average molecular weight is 342 g/mol. The van der Waals surface area contributed by atoms with Crippen molar-refractivity contribution in [2.45, 2.75) is 37.7 Å². The van der Waals surface area contributed by atoms with Crippen molar-refractivity contribution in [3.63, 3.8) is 0 Å². The molecule has 0 unspecified atom stereocenters. The van der Waals surface area contributed by atoms with Crippen LogP contribution in [-0.2, 0) is 19.6 Å². The van der Waals surface area contributed by atoms with Crippen LogP contribution in [0.15, 0.2) is 23.1 Å². The van der Waals surface area contributed by atoms with Gasteiger partial charge in [-0.05, 0) is 38.0 Å². The minimum atomic E-state index is -3.67. The largest absolute Gasteiger partial charge is 0.492 e. The predicted octanol–water partition coefficient (Wildman–Crippen LogP) is 1.50. The van der Waals surface area contributed by atoms with Crippen LogP contribution in [0.4, 0.5) is 5.69 Å². The fourth-order valence-corrected chi connectivity index (χ4v) is 3.43. The number of nitrogens with one attached hydrogen (secondary N) is 2. The van der Waals surface area contributed by atoms with Crippen LogP contribution in [-0.4, -0.2) is 40.2 Å². The number of hydrogen-bond donors (Lipinski definition) is 2. The normalized spacial score (nSPS) is 17.9. The van der Waals surface area contributed by atoms with Gasteiger partial charge >= 0.3 is 0 Å². The quantitative estimate of drug-likeness (QED) is 0.783. The van der Waals surface area contributed by atoms with E-state index in [4.69, 9.17) is 9.47 Å². The van der Waals surface area contributed by atoms with E-state index in [1.54, 1.807) is 0 Å². The summed E-state index contributed by atoms with van der Waals surface area (Å²) in [5.41, 5.74) is 0.333. The van der Waals surface area contributed by atoms with Crippen LogP contribution in [0.3, 0.4) is 0 Å². The van der Waals surface area contributed by atoms with E-state index in [-0.39, 0.29) is 23.5 Å². The van der Waals surface area contributed by atoms with E-state index in [0.717, 1.165) is 12.8 Å². The lowest BCUT2D eigenvalue weighted by Crippen LogP contribution is -2.31. The molecule has 1 atom stereocenters. The Kier molecular flexibility index (Phi) is 5.97. The van der Waals surface area contributed by atoms with Crippen molar-refractivity contribution < 1.29 is 22.7 Å². The Hall–Kier alpha value is -1.64. The van der Waals surface area contributed by atoms with Gasteiger partial charge < -0.3 is 14.8 Å². The van der Waals surface area contributed by atoms with Gasteiger partial charge in [-0.15, -0.1) is 0 Å². The van der Waals surface area contributed by atoms with Gasteiger partial charge in [0.05, 0.1) is 23.3 Å². The molecule has 0 saturated carbocycles. The van der Waals surface area contributed by atoms with Gasteiger partial charge in [-0.2, -0.15) is 0 Å². The number of carbonyl (C=O) groups is 1. The molecule has 1 amide bonds. The van der Waals surface area contributed by atoms with Crippen molar-refractivity contribution in [3.05, 3.63) is 18.2 Å². The molecule has 1 aromatic rings. The van der Waals surface area contributed by atoms with Crippen LogP contribution in [0.1, 0.15) is 26.7 Å². The lowest BCUT2D eigenvalue weighted by Gasteiger charge is -2.14. The molecule has 23 heavy (non-hydrogen) atoms. The van der Waals surface area contributed by atoms with Gasteiger partial charge in [0.25, 0.3) is 0 Å². The summed E-state index contributed by atoms with van der Waals surface area (Å²) in [5.74, 6) is 0.133. The van der Waals surface area contributed by atoms with Crippen LogP contribution in [0.25, 0.3) is 0 Å². The highest BCUT2D eigenvalue weighted by Gasteiger charge is 2.21. The van der Waals surface area contributed by atoms with Crippen molar-refractivity contribution >= 4 is 21.6 Å². The van der Waals surface area contributed by atoms with E-state index in [1.807, 2.05) is 6.92 Å². The molecule has 1 saturated heterocycles. The number of rotatable bonds is 7. The number of benzene rings is 1. The third kappa shape index (κ3) is 4.92. The maximum Gasteiger partial charge on any atom is 0.240 e. The van der Waals surface area contributed by atoms with Crippen LogP contribution >= 0.6 is 0 Å². The Bertz CT molecular complexity index is 654. The number of carbonyl (C=O) groups excluding carboxylic acids is 1. The minimum absolute atomic E-state index is 0.0719. The van der Waals surface area contributed by atoms with Crippen molar-refractivity contribution in [3.8, 4) is 5.75 Å². The van der Waals surface area contributed by atoms with Crippen molar-refractivity contribution in [2.24, 2.45) is 0 Å². The van der Waals surface area contributed by atoms with Gasteiger partial charge in [-0.3, -0.25) is 4.79 Å². The van der Waals surface area contributed by atoms with E-state index >= 15 is 0 Å².